The average molecular weight is 285 g/mol. The van der Waals surface area contributed by atoms with Crippen molar-refractivity contribution in [2.75, 3.05) is 6.54 Å². The molecule has 0 aliphatic carbocycles. The third-order valence-corrected chi connectivity index (χ3v) is 4.98. The van der Waals surface area contributed by atoms with Gasteiger partial charge >= 0.3 is 0 Å². The molecule has 1 aromatic heterocycles. The van der Waals surface area contributed by atoms with E-state index < -0.39 is 0 Å². The van der Waals surface area contributed by atoms with E-state index in [0.29, 0.717) is 12.0 Å². The number of guanidine groups is 1. The molecule has 2 heterocycles. The third kappa shape index (κ3) is 2.56. The topological polar surface area (TPSA) is 41.6 Å². The summed E-state index contributed by atoms with van der Waals surface area (Å²) >= 11 is 1.88. The first kappa shape index (κ1) is 13.2. The van der Waals surface area contributed by atoms with Crippen molar-refractivity contribution in [2.45, 2.75) is 25.9 Å². The van der Waals surface area contributed by atoms with Gasteiger partial charge in [-0.05, 0) is 24.1 Å². The molecular weight excluding hydrogens is 266 g/mol. The van der Waals surface area contributed by atoms with Crippen LogP contribution in [0.4, 0.5) is 0 Å². The highest BCUT2D eigenvalue weighted by Gasteiger charge is 2.28. The number of aryl methyl sites for hydroxylation is 1. The zero-order valence-corrected chi connectivity index (χ0v) is 12.4. The van der Waals surface area contributed by atoms with E-state index in [1.54, 1.807) is 0 Å². The molecule has 2 aromatic rings. The van der Waals surface area contributed by atoms with Gasteiger partial charge in [0.2, 0.25) is 0 Å². The molecule has 0 saturated heterocycles. The molecule has 3 rings (SSSR count). The Hall–Kier alpha value is -1.81. The molecule has 0 spiro atoms. The summed E-state index contributed by atoms with van der Waals surface area (Å²) in [5, 5.41) is 0. The van der Waals surface area contributed by atoms with Crippen molar-refractivity contribution in [3.8, 4) is 0 Å². The molecular formula is C16H19N3S. The number of rotatable bonds is 4. The van der Waals surface area contributed by atoms with Crippen molar-refractivity contribution in [2.24, 2.45) is 10.7 Å². The normalized spacial score (nSPS) is 18.4. The molecule has 2 N–H and O–H groups in total. The van der Waals surface area contributed by atoms with Crippen LogP contribution >= 0.6 is 11.3 Å². The van der Waals surface area contributed by atoms with Crippen LogP contribution in [0.5, 0.6) is 0 Å². The number of hydrogen-bond acceptors (Lipinski definition) is 4. The maximum Gasteiger partial charge on any atom is 0.192 e. The van der Waals surface area contributed by atoms with Gasteiger partial charge in [0, 0.05) is 16.3 Å². The van der Waals surface area contributed by atoms with Gasteiger partial charge in [-0.3, -0.25) is 4.99 Å². The molecule has 20 heavy (non-hydrogen) atoms. The zero-order valence-electron chi connectivity index (χ0n) is 11.6. The monoisotopic (exact) mass is 285 g/mol. The summed E-state index contributed by atoms with van der Waals surface area (Å²) in [7, 11) is 0. The Morgan fingerprint density at radius 3 is 2.75 bits per heavy atom. The molecule has 0 bridgehead atoms. The molecule has 0 amide bonds. The van der Waals surface area contributed by atoms with Crippen molar-refractivity contribution in [3.63, 3.8) is 0 Å². The van der Waals surface area contributed by atoms with E-state index >= 15 is 0 Å². The Balaban J connectivity index is 1.81. The molecule has 0 saturated carbocycles. The van der Waals surface area contributed by atoms with Gasteiger partial charge in [-0.15, -0.1) is 11.3 Å². The van der Waals surface area contributed by atoms with Crippen LogP contribution in [0.3, 0.4) is 0 Å². The van der Waals surface area contributed by atoms with Crippen molar-refractivity contribution in [1.82, 2.24) is 4.90 Å². The lowest BCUT2D eigenvalue weighted by molar-refractivity contribution is 0.345. The average Bonchev–Trinajstić information content (AvgIpc) is 3.08. The number of hydrogen-bond donors (Lipinski definition) is 1. The summed E-state index contributed by atoms with van der Waals surface area (Å²) in [6.45, 7) is 3.78. The second kappa shape index (κ2) is 5.67. The van der Waals surface area contributed by atoms with Crippen molar-refractivity contribution >= 4 is 17.3 Å². The van der Waals surface area contributed by atoms with Gasteiger partial charge < -0.3 is 10.6 Å². The van der Waals surface area contributed by atoms with Crippen LogP contribution in [0.1, 0.15) is 28.3 Å². The van der Waals surface area contributed by atoms with Crippen LogP contribution in [-0.2, 0) is 13.0 Å². The van der Waals surface area contributed by atoms with Gasteiger partial charge in [-0.1, -0.05) is 37.3 Å². The molecule has 1 aliphatic rings. The summed E-state index contributed by atoms with van der Waals surface area (Å²) in [5.74, 6) is 0.658. The minimum Gasteiger partial charge on any atom is -0.370 e. The van der Waals surface area contributed by atoms with Crippen LogP contribution in [0, 0.1) is 0 Å². The van der Waals surface area contributed by atoms with E-state index in [2.05, 4.69) is 53.2 Å². The first-order chi connectivity index (χ1) is 9.78. The standard InChI is InChI=1S/C16H19N3S/c1-2-13-8-9-15(20-13)14-10-18-16(17)19(14)11-12-6-4-3-5-7-12/h3-9,14H,2,10-11H2,1H3,(H2,17,18). The van der Waals surface area contributed by atoms with Gasteiger partial charge in [0.05, 0.1) is 12.6 Å². The fourth-order valence-corrected chi connectivity index (χ4v) is 3.56. The molecule has 1 aromatic carbocycles. The Kier molecular flexibility index (Phi) is 3.74. The Bertz CT molecular complexity index is 603. The van der Waals surface area contributed by atoms with Crippen LogP contribution < -0.4 is 5.73 Å². The van der Waals surface area contributed by atoms with E-state index in [4.69, 9.17) is 5.73 Å². The summed E-state index contributed by atoms with van der Waals surface area (Å²) in [5.41, 5.74) is 7.34. The number of thiophene rings is 1. The molecule has 4 heteroatoms. The van der Waals surface area contributed by atoms with Gasteiger partial charge in [-0.2, -0.15) is 0 Å². The van der Waals surface area contributed by atoms with Gasteiger partial charge in [0.1, 0.15) is 0 Å². The smallest absolute Gasteiger partial charge is 0.192 e. The van der Waals surface area contributed by atoms with Crippen molar-refractivity contribution < 1.29 is 0 Å². The molecule has 0 radical (unpaired) electrons. The summed E-state index contributed by atoms with van der Waals surface area (Å²) < 4.78 is 0. The number of nitrogens with two attached hydrogens (primary N) is 1. The summed E-state index contributed by atoms with van der Waals surface area (Å²) in [4.78, 5) is 9.43. The molecule has 1 atom stereocenters. The fraction of sp³-hybridized carbons (Fsp3) is 0.312. The largest absolute Gasteiger partial charge is 0.370 e. The zero-order chi connectivity index (χ0) is 13.9. The van der Waals surface area contributed by atoms with E-state index in [9.17, 15) is 0 Å². The van der Waals surface area contributed by atoms with Gasteiger partial charge in [0.25, 0.3) is 0 Å². The highest BCUT2D eigenvalue weighted by molar-refractivity contribution is 7.12. The van der Waals surface area contributed by atoms with Gasteiger partial charge in [-0.25, -0.2) is 0 Å². The highest BCUT2D eigenvalue weighted by atomic mass is 32.1. The first-order valence-corrected chi connectivity index (χ1v) is 7.78. The fourth-order valence-electron chi connectivity index (χ4n) is 2.51. The number of benzene rings is 1. The van der Waals surface area contributed by atoms with Crippen molar-refractivity contribution in [1.29, 1.82) is 0 Å². The van der Waals surface area contributed by atoms with Crippen LogP contribution in [0.15, 0.2) is 47.5 Å². The van der Waals surface area contributed by atoms with Crippen LogP contribution in [0.2, 0.25) is 0 Å². The predicted octanol–water partition coefficient (Wildman–Crippen LogP) is 3.18. The van der Waals surface area contributed by atoms with Crippen molar-refractivity contribution in [3.05, 3.63) is 57.8 Å². The quantitative estimate of drug-likeness (QED) is 0.937. The second-order valence-electron chi connectivity index (χ2n) is 4.99. The van der Waals surface area contributed by atoms with E-state index in [0.717, 1.165) is 19.5 Å². The van der Waals surface area contributed by atoms with Crippen LogP contribution in [-0.4, -0.2) is 17.4 Å². The molecule has 1 unspecified atom stereocenters. The minimum absolute atomic E-state index is 0.292. The second-order valence-corrected chi connectivity index (χ2v) is 6.19. The molecule has 104 valence electrons. The number of nitrogens with zero attached hydrogens (tertiary/aromatic N) is 2. The van der Waals surface area contributed by atoms with E-state index in [1.807, 2.05) is 17.4 Å². The minimum atomic E-state index is 0.292. The lowest BCUT2D eigenvalue weighted by atomic mass is 10.1. The first-order valence-electron chi connectivity index (χ1n) is 6.97. The SMILES string of the molecule is CCc1ccc(C2CN=C(N)N2Cc2ccccc2)s1. The van der Waals surface area contributed by atoms with Gasteiger partial charge in [0.15, 0.2) is 5.96 Å². The lowest BCUT2D eigenvalue weighted by Crippen LogP contribution is -2.35. The molecule has 1 aliphatic heterocycles. The molecule has 0 fully saturated rings. The van der Waals surface area contributed by atoms with Crippen LogP contribution in [0.25, 0.3) is 0 Å². The Morgan fingerprint density at radius 2 is 2.05 bits per heavy atom. The third-order valence-electron chi connectivity index (χ3n) is 3.65. The Labute approximate surface area is 123 Å². The summed E-state index contributed by atoms with van der Waals surface area (Å²) in [6, 6.07) is 15.2. The summed E-state index contributed by atoms with van der Waals surface area (Å²) in [6.07, 6.45) is 1.09. The highest BCUT2D eigenvalue weighted by Crippen LogP contribution is 2.32. The Morgan fingerprint density at radius 1 is 1.25 bits per heavy atom. The number of aliphatic imine (C=N–C) groups is 1. The van der Waals surface area contributed by atoms with E-state index in [-0.39, 0.29) is 0 Å². The maximum absolute atomic E-state index is 6.07. The van der Waals surface area contributed by atoms with E-state index in [1.165, 1.54) is 15.3 Å². The predicted molar refractivity (Wildman–Crippen MR) is 84.9 cm³/mol. The lowest BCUT2D eigenvalue weighted by Gasteiger charge is -2.25. The maximum atomic E-state index is 6.07. The molecule has 3 nitrogen and oxygen atoms in total.